The molecule has 0 saturated carbocycles. The summed E-state index contributed by atoms with van der Waals surface area (Å²) in [5.74, 6) is 0.478. The van der Waals surface area contributed by atoms with Gasteiger partial charge in [-0.15, -0.1) is 11.6 Å². The number of hydrogen-bond acceptors (Lipinski definition) is 2. The fourth-order valence-electron chi connectivity index (χ4n) is 1.49. The fraction of sp³-hybridized carbons (Fsp3) is 0.500. The minimum atomic E-state index is -0.234. The highest BCUT2D eigenvalue weighted by Gasteiger charge is 2.05. The molecule has 2 nitrogen and oxygen atoms in total. The number of halogens is 1. The molecule has 94 valence electrons. The fourth-order valence-corrected chi connectivity index (χ4v) is 1.68. The molecule has 0 spiro atoms. The summed E-state index contributed by atoms with van der Waals surface area (Å²) < 4.78 is 5.18. The zero-order chi connectivity index (χ0) is 12.5. The van der Waals surface area contributed by atoms with Gasteiger partial charge in [-0.2, -0.15) is 0 Å². The van der Waals surface area contributed by atoms with Crippen LogP contribution in [0.5, 0.6) is 0 Å². The van der Waals surface area contributed by atoms with Crippen molar-refractivity contribution in [3.8, 4) is 0 Å². The first-order chi connectivity index (χ1) is 8.24. The first-order valence-corrected chi connectivity index (χ1v) is 6.57. The molecule has 0 aliphatic carbocycles. The largest absolute Gasteiger partial charge is 0.462 e. The Hall–Kier alpha value is -1.02. The molecule has 0 aromatic heterocycles. The lowest BCUT2D eigenvalue weighted by atomic mass is 10.1. The van der Waals surface area contributed by atoms with Crippen LogP contribution < -0.4 is 0 Å². The van der Waals surface area contributed by atoms with Gasteiger partial charge in [0.05, 0.1) is 12.2 Å². The van der Waals surface area contributed by atoms with Crippen LogP contribution in [0.3, 0.4) is 0 Å². The molecule has 0 fully saturated rings. The smallest absolute Gasteiger partial charge is 0.338 e. The van der Waals surface area contributed by atoms with Crippen molar-refractivity contribution in [3.05, 3.63) is 35.4 Å². The molecule has 1 rings (SSSR count). The summed E-state index contributed by atoms with van der Waals surface area (Å²) in [5, 5.41) is 0. The van der Waals surface area contributed by atoms with E-state index in [1.54, 1.807) is 12.1 Å². The van der Waals surface area contributed by atoms with Crippen molar-refractivity contribution < 1.29 is 9.53 Å². The van der Waals surface area contributed by atoms with Gasteiger partial charge in [0, 0.05) is 5.88 Å². The minimum absolute atomic E-state index is 0.234. The average Bonchev–Trinajstić information content (AvgIpc) is 2.34. The first-order valence-electron chi connectivity index (χ1n) is 6.04. The minimum Gasteiger partial charge on any atom is -0.462 e. The normalized spacial score (nSPS) is 10.2. The molecule has 17 heavy (non-hydrogen) atoms. The van der Waals surface area contributed by atoms with Crippen LogP contribution in [0.4, 0.5) is 0 Å². The predicted molar refractivity (Wildman–Crippen MR) is 70.6 cm³/mol. The van der Waals surface area contributed by atoms with E-state index in [1.807, 2.05) is 19.1 Å². The summed E-state index contributed by atoms with van der Waals surface area (Å²) in [7, 11) is 0. The summed E-state index contributed by atoms with van der Waals surface area (Å²) in [6, 6.07) is 7.42. The van der Waals surface area contributed by atoms with E-state index < -0.39 is 0 Å². The van der Waals surface area contributed by atoms with Gasteiger partial charge < -0.3 is 4.74 Å². The monoisotopic (exact) mass is 254 g/mol. The van der Waals surface area contributed by atoms with Crippen molar-refractivity contribution >= 4 is 17.6 Å². The average molecular weight is 255 g/mol. The van der Waals surface area contributed by atoms with Crippen LogP contribution in [0.25, 0.3) is 0 Å². The van der Waals surface area contributed by atoms with Gasteiger partial charge in [0.15, 0.2) is 0 Å². The Labute approximate surface area is 108 Å². The van der Waals surface area contributed by atoms with Gasteiger partial charge in [-0.1, -0.05) is 30.5 Å². The molecule has 3 heteroatoms. The lowest BCUT2D eigenvalue weighted by Gasteiger charge is -2.04. The van der Waals surface area contributed by atoms with Crippen molar-refractivity contribution in [1.29, 1.82) is 0 Å². The second-order valence-electron chi connectivity index (χ2n) is 4.11. The number of aryl methyl sites for hydroxylation is 1. The van der Waals surface area contributed by atoms with Crippen LogP contribution >= 0.6 is 11.6 Å². The molecule has 0 heterocycles. The summed E-state index contributed by atoms with van der Waals surface area (Å²) in [6.45, 7) is 2.49. The summed E-state index contributed by atoms with van der Waals surface area (Å²) in [5.41, 5.74) is 1.76. The summed E-state index contributed by atoms with van der Waals surface area (Å²) >= 11 is 5.57. The highest BCUT2D eigenvalue weighted by molar-refractivity contribution is 6.17. The van der Waals surface area contributed by atoms with Gasteiger partial charge in [0.25, 0.3) is 0 Å². The Balaban J connectivity index is 2.19. The predicted octanol–water partition coefficient (Wildman–Crippen LogP) is 3.95. The number of ether oxygens (including phenoxy) is 1. The van der Waals surface area contributed by atoms with E-state index in [0.717, 1.165) is 31.2 Å². The van der Waals surface area contributed by atoms with E-state index >= 15 is 0 Å². The Kier molecular flexibility index (Phi) is 6.71. The molecule has 0 amide bonds. The molecule has 0 saturated heterocycles. The Bertz CT molecular complexity index is 333. The molecule has 0 radical (unpaired) electrons. The standard InChI is InChI=1S/C14H19ClO2/c1-12-6-8-13(9-7-12)14(16)17-11-5-3-2-4-10-15/h6-9H,2-5,10-11H2,1H3. The summed E-state index contributed by atoms with van der Waals surface area (Å²) in [6.07, 6.45) is 4.11. The molecule has 1 aromatic carbocycles. The lowest BCUT2D eigenvalue weighted by Crippen LogP contribution is -2.06. The summed E-state index contributed by atoms with van der Waals surface area (Å²) in [4.78, 5) is 11.6. The van der Waals surface area contributed by atoms with Crippen LogP contribution in [-0.4, -0.2) is 18.5 Å². The maximum absolute atomic E-state index is 11.6. The number of rotatable bonds is 7. The van der Waals surface area contributed by atoms with Gasteiger partial charge in [-0.25, -0.2) is 4.79 Å². The van der Waals surface area contributed by atoms with Crippen molar-refractivity contribution in [1.82, 2.24) is 0 Å². The van der Waals surface area contributed by atoms with Crippen molar-refractivity contribution in [2.75, 3.05) is 12.5 Å². The van der Waals surface area contributed by atoms with Crippen LogP contribution in [0.15, 0.2) is 24.3 Å². The molecule has 0 unspecified atom stereocenters. The van der Waals surface area contributed by atoms with E-state index in [1.165, 1.54) is 0 Å². The van der Waals surface area contributed by atoms with Gasteiger partial charge in [-0.05, 0) is 31.9 Å². The maximum Gasteiger partial charge on any atom is 0.338 e. The third-order valence-corrected chi connectivity index (χ3v) is 2.82. The van der Waals surface area contributed by atoms with Crippen molar-refractivity contribution in [2.24, 2.45) is 0 Å². The Morgan fingerprint density at radius 3 is 2.41 bits per heavy atom. The Morgan fingerprint density at radius 1 is 1.12 bits per heavy atom. The zero-order valence-electron chi connectivity index (χ0n) is 10.2. The van der Waals surface area contributed by atoms with E-state index in [-0.39, 0.29) is 5.97 Å². The van der Waals surface area contributed by atoms with Crippen LogP contribution in [-0.2, 0) is 4.74 Å². The van der Waals surface area contributed by atoms with Gasteiger partial charge in [-0.3, -0.25) is 0 Å². The van der Waals surface area contributed by atoms with Gasteiger partial charge >= 0.3 is 5.97 Å². The molecule has 0 aliphatic heterocycles. The number of alkyl halides is 1. The maximum atomic E-state index is 11.6. The number of carbonyl (C=O) groups excluding carboxylic acids is 1. The zero-order valence-corrected chi connectivity index (χ0v) is 11.0. The van der Waals surface area contributed by atoms with Crippen LogP contribution in [0.1, 0.15) is 41.6 Å². The Morgan fingerprint density at radius 2 is 1.76 bits per heavy atom. The first kappa shape index (κ1) is 14.0. The van der Waals surface area contributed by atoms with Crippen LogP contribution in [0, 0.1) is 6.92 Å². The lowest BCUT2D eigenvalue weighted by molar-refractivity contribution is 0.0498. The number of hydrogen-bond donors (Lipinski definition) is 0. The van der Waals surface area contributed by atoms with E-state index in [0.29, 0.717) is 18.1 Å². The topological polar surface area (TPSA) is 26.3 Å². The molecule has 0 atom stereocenters. The van der Waals surface area contributed by atoms with Crippen molar-refractivity contribution in [3.63, 3.8) is 0 Å². The van der Waals surface area contributed by atoms with Gasteiger partial charge in [0.1, 0.15) is 0 Å². The number of benzene rings is 1. The second-order valence-corrected chi connectivity index (χ2v) is 4.48. The molecule has 0 N–H and O–H groups in total. The SMILES string of the molecule is Cc1ccc(C(=O)OCCCCCCCl)cc1. The highest BCUT2D eigenvalue weighted by Crippen LogP contribution is 2.06. The van der Waals surface area contributed by atoms with E-state index in [4.69, 9.17) is 16.3 Å². The van der Waals surface area contributed by atoms with Crippen molar-refractivity contribution in [2.45, 2.75) is 32.6 Å². The molecule has 0 aliphatic rings. The number of carbonyl (C=O) groups is 1. The number of unbranched alkanes of at least 4 members (excludes halogenated alkanes) is 3. The molecule has 1 aromatic rings. The third-order valence-electron chi connectivity index (χ3n) is 2.55. The second kappa shape index (κ2) is 8.13. The van der Waals surface area contributed by atoms with Gasteiger partial charge in [0.2, 0.25) is 0 Å². The highest BCUT2D eigenvalue weighted by atomic mass is 35.5. The number of esters is 1. The molecular weight excluding hydrogens is 236 g/mol. The van der Waals surface area contributed by atoms with E-state index in [9.17, 15) is 4.79 Å². The van der Waals surface area contributed by atoms with E-state index in [2.05, 4.69) is 0 Å². The molecular formula is C14H19ClO2. The third kappa shape index (κ3) is 5.73. The quantitative estimate of drug-likeness (QED) is 0.418. The van der Waals surface area contributed by atoms with Crippen LogP contribution in [0.2, 0.25) is 0 Å². The molecule has 0 bridgehead atoms.